The second kappa shape index (κ2) is 2.99. The Balaban J connectivity index is 2.24. The Morgan fingerprint density at radius 2 is 2.40 bits per heavy atom. The Bertz CT molecular complexity index is 132. The van der Waals surface area contributed by atoms with Crippen molar-refractivity contribution in [3.63, 3.8) is 0 Å². The molecule has 58 valence electrons. The van der Waals surface area contributed by atoms with Gasteiger partial charge in [0.05, 0.1) is 6.61 Å². The lowest BCUT2D eigenvalue weighted by atomic mass is 10.3. The van der Waals surface area contributed by atoms with E-state index in [1.807, 2.05) is 0 Å². The largest absolute Gasteiger partial charge is 0.464 e. The lowest BCUT2D eigenvalue weighted by Gasteiger charge is -2.04. The van der Waals surface area contributed by atoms with Gasteiger partial charge in [0.15, 0.2) is 6.17 Å². The molecule has 1 fully saturated rings. The molecule has 1 unspecified atom stereocenters. The van der Waals surface area contributed by atoms with Crippen LogP contribution in [0.4, 0.5) is 4.39 Å². The number of carbonyl (C=O) groups excluding carboxylic acids is 1. The lowest BCUT2D eigenvalue weighted by molar-refractivity contribution is -0.149. The molecule has 0 bridgehead atoms. The third-order valence-electron chi connectivity index (χ3n) is 1.55. The van der Waals surface area contributed by atoms with E-state index in [9.17, 15) is 9.18 Å². The number of hydrogen-bond acceptors (Lipinski definition) is 2. The molecule has 10 heavy (non-hydrogen) atoms. The van der Waals surface area contributed by atoms with Crippen LogP contribution in [-0.4, -0.2) is 18.7 Å². The zero-order valence-electron chi connectivity index (χ0n) is 5.97. The van der Waals surface area contributed by atoms with Crippen LogP contribution in [0.15, 0.2) is 0 Å². The summed E-state index contributed by atoms with van der Waals surface area (Å²) in [5.41, 5.74) is 0. The van der Waals surface area contributed by atoms with Crippen LogP contribution in [-0.2, 0) is 9.53 Å². The number of carbonyl (C=O) groups is 1. The Labute approximate surface area is 59.4 Å². The van der Waals surface area contributed by atoms with Gasteiger partial charge in [-0.3, -0.25) is 0 Å². The van der Waals surface area contributed by atoms with Gasteiger partial charge in [-0.1, -0.05) is 0 Å². The van der Waals surface area contributed by atoms with Crippen molar-refractivity contribution >= 4 is 5.97 Å². The molecule has 2 nitrogen and oxygen atoms in total. The Kier molecular flexibility index (Phi) is 2.25. The minimum atomic E-state index is -1.36. The molecule has 1 aliphatic carbocycles. The van der Waals surface area contributed by atoms with Crippen LogP contribution < -0.4 is 0 Å². The smallest absolute Gasteiger partial charge is 0.341 e. The first-order chi connectivity index (χ1) is 4.75. The third-order valence-corrected chi connectivity index (χ3v) is 1.55. The molecule has 1 rings (SSSR count). The average Bonchev–Trinajstić information content (AvgIpc) is 2.68. The maximum Gasteiger partial charge on any atom is 0.341 e. The van der Waals surface area contributed by atoms with Gasteiger partial charge in [0, 0.05) is 5.92 Å². The van der Waals surface area contributed by atoms with Crippen molar-refractivity contribution in [3.05, 3.63) is 0 Å². The van der Waals surface area contributed by atoms with Crippen LogP contribution in [0, 0.1) is 5.92 Å². The summed E-state index contributed by atoms with van der Waals surface area (Å²) in [5.74, 6) is -0.732. The number of ether oxygens (including phenoxy) is 1. The van der Waals surface area contributed by atoms with Gasteiger partial charge in [0.2, 0.25) is 0 Å². The van der Waals surface area contributed by atoms with Crippen LogP contribution in [0.1, 0.15) is 19.8 Å². The molecule has 0 spiro atoms. The van der Waals surface area contributed by atoms with Crippen molar-refractivity contribution in [1.82, 2.24) is 0 Å². The zero-order chi connectivity index (χ0) is 7.56. The quantitative estimate of drug-likeness (QED) is 0.561. The second-order valence-corrected chi connectivity index (χ2v) is 2.49. The molecular formula is C7H11FO2. The fourth-order valence-electron chi connectivity index (χ4n) is 0.803. The van der Waals surface area contributed by atoms with Gasteiger partial charge in [-0.25, -0.2) is 9.18 Å². The van der Waals surface area contributed by atoms with E-state index in [0.29, 0.717) is 0 Å². The minimum Gasteiger partial charge on any atom is -0.464 e. The van der Waals surface area contributed by atoms with E-state index in [1.165, 1.54) is 0 Å². The average molecular weight is 146 g/mol. The fourth-order valence-corrected chi connectivity index (χ4v) is 0.803. The van der Waals surface area contributed by atoms with Gasteiger partial charge in [0.25, 0.3) is 0 Å². The number of esters is 1. The summed E-state index contributed by atoms with van der Waals surface area (Å²) >= 11 is 0. The van der Waals surface area contributed by atoms with E-state index < -0.39 is 12.1 Å². The highest BCUT2D eigenvalue weighted by atomic mass is 19.1. The summed E-state index contributed by atoms with van der Waals surface area (Å²) in [4.78, 5) is 10.6. The molecule has 0 amide bonds. The Hall–Kier alpha value is -0.600. The van der Waals surface area contributed by atoms with Crippen LogP contribution in [0.3, 0.4) is 0 Å². The van der Waals surface area contributed by atoms with Crippen molar-refractivity contribution in [2.24, 2.45) is 5.92 Å². The summed E-state index contributed by atoms with van der Waals surface area (Å²) in [6.45, 7) is 1.95. The molecular weight excluding hydrogens is 135 g/mol. The Morgan fingerprint density at radius 3 is 2.80 bits per heavy atom. The van der Waals surface area contributed by atoms with Gasteiger partial charge >= 0.3 is 5.97 Å². The van der Waals surface area contributed by atoms with Crippen LogP contribution in [0.25, 0.3) is 0 Å². The number of rotatable bonds is 3. The Morgan fingerprint density at radius 1 is 1.80 bits per heavy atom. The maximum atomic E-state index is 12.7. The van der Waals surface area contributed by atoms with Crippen molar-refractivity contribution in [3.8, 4) is 0 Å². The summed E-state index contributed by atoms with van der Waals surface area (Å²) in [5, 5.41) is 0. The normalized spacial score (nSPS) is 20.2. The molecule has 0 heterocycles. The van der Waals surface area contributed by atoms with E-state index in [1.54, 1.807) is 6.92 Å². The molecule has 0 aliphatic heterocycles. The molecule has 0 saturated heterocycles. The maximum absolute atomic E-state index is 12.7. The predicted octanol–water partition coefficient (Wildman–Crippen LogP) is 1.30. The number of hydrogen-bond donors (Lipinski definition) is 0. The summed E-state index contributed by atoms with van der Waals surface area (Å²) in [6, 6.07) is 0. The molecule has 0 radical (unpaired) electrons. The number of alkyl halides is 1. The highest BCUT2D eigenvalue weighted by Gasteiger charge is 2.37. The topological polar surface area (TPSA) is 26.3 Å². The van der Waals surface area contributed by atoms with Gasteiger partial charge in [-0.05, 0) is 19.8 Å². The molecule has 0 aromatic rings. The molecule has 0 N–H and O–H groups in total. The molecule has 3 heteroatoms. The highest BCUT2D eigenvalue weighted by molar-refractivity contribution is 5.75. The van der Waals surface area contributed by atoms with Gasteiger partial charge in [-0.2, -0.15) is 0 Å². The van der Waals surface area contributed by atoms with Gasteiger partial charge in [0.1, 0.15) is 0 Å². The van der Waals surface area contributed by atoms with E-state index in [0.717, 1.165) is 12.8 Å². The fraction of sp³-hybridized carbons (Fsp3) is 0.857. The van der Waals surface area contributed by atoms with E-state index in [2.05, 4.69) is 4.74 Å². The molecule has 1 aliphatic rings. The van der Waals surface area contributed by atoms with Crippen molar-refractivity contribution in [1.29, 1.82) is 0 Å². The van der Waals surface area contributed by atoms with Crippen molar-refractivity contribution in [2.45, 2.75) is 25.9 Å². The summed E-state index contributed by atoms with van der Waals surface area (Å²) in [7, 11) is 0. The standard InChI is InChI=1S/C7H11FO2/c1-2-10-7(9)6(8)5-3-4-5/h5-6H,2-4H2,1H3. The molecule has 1 saturated carbocycles. The van der Waals surface area contributed by atoms with Gasteiger partial charge in [-0.15, -0.1) is 0 Å². The minimum absolute atomic E-state index is 0.0425. The van der Waals surface area contributed by atoms with E-state index >= 15 is 0 Å². The van der Waals surface area contributed by atoms with Crippen LogP contribution in [0.5, 0.6) is 0 Å². The first kappa shape index (κ1) is 7.51. The SMILES string of the molecule is CCOC(=O)C(F)C1CC1. The third kappa shape index (κ3) is 1.69. The molecule has 0 aromatic carbocycles. The van der Waals surface area contributed by atoms with Crippen molar-refractivity contribution < 1.29 is 13.9 Å². The lowest BCUT2D eigenvalue weighted by Crippen LogP contribution is -2.20. The zero-order valence-corrected chi connectivity index (χ0v) is 5.97. The highest BCUT2D eigenvalue weighted by Crippen LogP contribution is 2.34. The first-order valence-corrected chi connectivity index (χ1v) is 3.56. The second-order valence-electron chi connectivity index (χ2n) is 2.49. The molecule has 1 atom stereocenters. The van der Waals surface area contributed by atoms with E-state index in [4.69, 9.17) is 0 Å². The summed E-state index contributed by atoms with van der Waals surface area (Å²) < 4.78 is 17.2. The van der Waals surface area contributed by atoms with Crippen molar-refractivity contribution in [2.75, 3.05) is 6.61 Å². The van der Waals surface area contributed by atoms with Crippen LogP contribution >= 0.6 is 0 Å². The van der Waals surface area contributed by atoms with Gasteiger partial charge < -0.3 is 4.74 Å². The monoisotopic (exact) mass is 146 g/mol. The predicted molar refractivity (Wildman–Crippen MR) is 34.3 cm³/mol. The van der Waals surface area contributed by atoms with Crippen LogP contribution in [0.2, 0.25) is 0 Å². The summed E-state index contributed by atoms with van der Waals surface area (Å²) in [6.07, 6.45) is 0.305. The number of halogens is 1. The van der Waals surface area contributed by atoms with E-state index in [-0.39, 0.29) is 12.5 Å². The molecule has 0 aromatic heterocycles. The first-order valence-electron chi connectivity index (χ1n) is 3.56.